The number of hydrogen-bond acceptors (Lipinski definition) is 7. The number of aliphatic hydroxyl groups is 1. The van der Waals surface area contributed by atoms with Gasteiger partial charge in [0.1, 0.15) is 25.6 Å². The van der Waals surface area contributed by atoms with Crippen molar-refractivity contribution in [3.05, 3.63) is 98.0 Å². The quantitative estimate of drug-likeness (QED) is 0.182. The Bertz CT molecular complexity index is 1560. The lowest BCUT2D eigenvalue weighted by atomic mass is 9.88. The van der Waals surface area contributed by atoms with Crippen molar-refractivity contribution in [3.8, 4) is 11.5 Å². The van der Waals surface area contributed by atoms with E-state index in [0.717, 1.165) is 35.1 Å². The van der Waals surface area contributed by atoms with Gasteiger partial charge in [0, 0.05) is 30.2 Å². The molecular weight excluding hydrogens is 653 g/mol. The Morgan fingerprint density at radius 2 is 1.70 bits per heavy atom. The molecule has 46 heavy (non-hydrogen) atoms. The van der Waals surface area contributed by atoms with Crippen LogP contribution >= 0.6 is 34.8 Å². The van der Waals surface area contributed by atoms with Gasteiger partial charge in [-0.25, -0.2) is 4.79 Å². The second kappa shape index (κ2) is 15.9. The van der Waals surface area contributed by atoms with Gasteiger partial charge in [0.15, 0.2) is 5.75 Å². The van der Waals surface area contributed by atoms with Crippen LogP contribution in [0.3, 0.4) is 0 Å². The van der Waals surface area contributed by atoms with Gasteiger partial charge in [-0.1, -0.05) is 59.1 Å². The van der Waals surface area contributed by atoms with Gasteiger partial charge < -0.3 is 34.9 Å². The fraction of sp³-hybridized carbons (Fsp3) is 0.353. The van der Waals surface area contributed by atoms with Crippen molar-refractivity contribution in [1.29, 1.82) is 0 Å². The summed E-state index contributed by atoms with van der Waals surface area (Å²) in [5.41, 5.74) is 3.84. The van der Waals surface area contributed by atoms with Crippen molar-refractivity contribution in [2.24, 2.45) is 0 Å². The van der Waals surface area contributed by atoms with Crippen LogP contribution in [0, 0.1) is 0 Å². The molecule has 9 nitrogen and oxygen atoms in total. The van der Waals surface area contributed by atoms with Crippen molar-refractivity contribution in [1.82, 2.24) is 15.5 Å². The molecule has 1 heterocycles. The van der Waals surface area contributed by atoms with Crippen LogP contribution in [0.2, 0.25) is 15.1 Å². The van der Waals surface area contributed by atoms with Gasteiger partial charge >= 0.3 is 6.09 Å². The molecule has 3 N–H and O–H groups in total. The number of rotatable bonds is 13. The molecular formula is C34H36Cl3N3O6. The number of carbonyl (C=O) groups is 2. The Morgan fingerprint density at radius 1 is 0.978 bits per heavy atom. The first-order chi connectivity index (χ1) is 22.3. The maximum Gasteiger partial charge on any atom is 0.407 e. The monoisotopic (exact) mass is 687 g/mol. The molecule has 0 aromatic heterocycles. The lowest BCUT2D eigenvalue weighted by molar-refractivity contribution is -0.128. The summed E-state index contributed by atoms with van der Waals surface area (Å²) in [6.45, 7) is 1.31. The Hall–Kier alpha value is -3.47. The first-order valence-electron chi connectivity index (χ1n) is 15.1. The van der Waals surface area contributed by atoms with E-state index in [2.05, 4.69) is 10.6 Å². The van der Waals surface area contributed by atoms with Crippen molar-refractivity contribution < 1.29 is 28.9 Å². The maximum atomic E-state index is 14.3. The van der Waals surface area contributed by atoms with E-state index < -0.39 is 12.1 Å². The van der Waals surface area contributed by atoms with E-state index in [1.807, 2.05) is 35.2 Å². The summed E-state index contributed by atoms with van der Waals surface area (Å²) in [5.74, 6) is 0.930. The summed E-state index contributed by atoms with van der Waals surface area (Å²) < 4.78 is 16.8. The highest BCUT2D eigenvalue weighted by molar-refractivity contribution is 6.37. The number of ether oxygens (including phenoxy) is 3. The maximum absolute atomic E-state index is 14.3. The Kier molecular flexibility index (Phi) is 11.7. The van der Waals surface area contributed by atoms with Gasteiger partial charge in [-0.2, -0.15) is 0 Å². The third kappa shape index (κ3) is 8.46. The van der Waals surface area contributed by atoms with Crippen LogP contribution in [0.1, 0.15) is 36.0 Å². The third-order valence-electron chi connectivity index (χ3n) is 7.85. The minimum Gasteiger partial charge on any atom is -0.490 e. The van der Waals surface area contributed by atoms with Crippen LogP contribution in [0.5, 0.6) is 11.5 Å². The second-order valence-corrected chi connectivity index (χ2v) is 12.2. The highest BCUT2D eigenvalue weighted by atomic mass is 35.5. The fourth-order valence-corrected chi connectivity index (χ4v) is 6.06. The lowest BCUT2D eigenvalue weighted by Crippen LogP contribution is -2.46. The molecule has 0 saturated heterocycles. The van der Waals surface area contributed by atoms with Gasteiger partial charge in [0.05, 0.1) is 22.7 Å². The summed E-state index contributed by atoms with van der Waals surface area (Å²) in [4.78, 5) is 27.7. The van der Waals surface area contributed by atoms with Gasteiger partial charge in [-0.05, 0) is 84.5 Å². The zero-order valence-electron chi connectivity index (χ0n) is 25.4. The van der Waals surface area contributed by atoms with Gasteiger partial charge in [0.2, 0.25) is 0 Å². The van der Waals surface area contributed by atoms with E-state index >= 15 is 0 Å². The standard InChI is InChI=1S/C34H36Cl3N3O6/c1-38-34(43)46-20-21-5-12-27(35)23(17-21)18-40(24-8-9-24)33(42)31-26(13-14-39-30(31)19-41)22-6-10-25(11-7-22)44-15-16-45-32-28(36)3-2-4-29(32)37/h2-7,10-12,17,24,30,39,41H,8-9,13-16,18-20H2,1H3,(H,38,43)/t30-/m1/s1. The molecule has 0 radical (unpaired) electrons. The van der Waals surface area contributed by atoms with E-state index in [9.17, 15) is 14.7 Å². The van der Waals surface area contributed by atoms with E-state index in [1.165, 1.54) is 7.05 Å². The molecule has 12 heteroatoms. The molecule has 0 bridgehead atoms. The van der Waals surface area contributed by atoms with Crippen molar-refractivity contribution in [2.45, 2.75) is 44.5 Å². The van der Waals surface area contributed by atoms with Crippen molar-refractivity contribution in [3.63, 3.8) is 0 Å². The normalized spacial score (nSPS) is 16.2. The Balaban J connectivity index is 1.32. The van der Waals surface area contributed by atoms with Crippen LogP contribution in [0.25, 0.3) is 5.57 Å². The lowest BCUT2D eigenvalue weighted by Gasteiger charge is -2.33. The molecule has 0 unspecified atom stereocenters. The smallest absolute Gasteiger partial charge is 0.407 e. The molecule has 3 aromatic carbocycles. The summed E-state index contributed by atoms with van der Waals surface area (Å²) in [5, 5.41) is 17.4. The van der Waals surface area contributed by atoms with Gasteiger partial charge in [-0.15, -0.1) is 0 Å². The Labute approximate surface area is 283 Å². The van der Waals surface area contributed by atoms with Crippen LogP contribution in [-0.2, 0) is 22.7 Å². The Morgan fingerprint density at radius 3 is 2.37 bits per heavy atom. The number of nitrogens with one attached hydrogen (secondary N) is 2. The molecule has 1 fully saturated rings. The molecule has 1 aliphatic carbocycles. The molecule has 1 atom stereocenters. The number of alkyl carbamates (subject to hydrolysis) is 1. The topological polar surface area (TPSA) is 109 Å². The van der Waals surface area contributed by atoms with Gasteiger partial charge in [0.25, 0.3) is 5.91 Å². The highest BCUT2D eigenvalue weighted by Gasteiger charge is 2.38. The summed E-state index contributed by atoms with van der Waals surface area (Å²) in [7, 11) is 1.50. The molecule has 244 valence electrons. The number of benzene rings is 3. The zero-order chi connectivity index (χ0) is 32.6. The first kappa shape index (κ1) is 33.9. The average Bonchev–Trinajstić information content (AvgIpc) is 3.91. The van der Waals surface area contributed by atoms with Gasteiger partial charge in [-0.3, -0.25) is 4.79 Å². The predicted octanol–water partition coefficient (Wildman–Crippen LogP) is 6.26. The number of halogens is 3. The average molecular weight is 689 g/mol. The summed E-state index contributed by atoms with van der Waals surface area (Å²) in [6, 6.07) is 17.7. The number of nitrogens with zero attached hydrogens (tertiary/aromatic N) is 1. The number of hydrogen-bond donors (Lipinski definition) is 3. The minimum absolute atomic E-state index is 0.0722. The number of aliphatic hydroxyl groups excluding tert-OH is 1. The SMILES string of the molecule is CNC(=O)OCc1ccc(Cl)c(CN(C(=O)C2=C(c3ccc(OCCOc4c(Cl)cccc4Cl)cc3)CCN[C@@H]2CO)C2CC2)c1. The molecule has 3 aromatic rings. The largest absolute Gasteiger partial charge is 0.490 e. The van der Waals surface area contributed by atoms with Crippen molar-refractivity contribution in [2.75, 3.05) is 33.4 Å². The van der Waals surface area contributed by atoms with Crippen LogP contribution in [0.15, 0.2) is 66.2 Å². The number of carbonyl (C=O) groups excluding carboxylic acids is 2. The molecule has 2 aliphatic rings. The van der Waals surface area contributed by atoms with E-state index in [-0.39, 0.29) is 38.4 Å². The second-order valence-electron chi connectivity index (χ2n) is 11.0. The molecule has 2 amide bonds. The number of amides is 2. The molecule has 0 spiro atoms. The minimum atomic E-state index is -0.530. The van der Waals surface area contributed by atoms with Crippen LogP contribution in [0.4, 0.5) is 4.79 Å². The fourth-order valence-electron chi connectivity index (χ4n) is 5.38. The molecule has 5 rings (SSSR count). The van der Waals surface area contributed by atoms with E-state index in [0.29, 0.717) is 51.7 Å². The highest BCUT2D eigenvalue weighted by Crippen LogP contribution is 2.36. The van der Waals surface area contributed by atoms with Crippen LogP contribution in [-0.4, -0.2) is 67.5 Å². The predicted molar refractivity (Wildman–Crippen MR) is 179 cm³/mol. The summed E-state index contributed by atoms with van der Waals surface area (Å²) in [6.07, 6.45) is 1.87. The van der Waals surface area contributed by atoms with E-state index in [1.54, 1.807) is 30.3 Å². The molecule has 1 aliphatic heterocycles. The molecule has 1 saturated carbocycles. The van der Waals surface area contributed by atoms with E-state index in [4.69, 9.17) is 49.0 Å². The summed E-state index contributed by atoms with van der Waals surface area (Å²) >= 11 is 18.9. The number of para-hydroxylation sites is 1. The first-order valence-corrected chi connectivity index (χ1v) is 16.2. The van der Waals surface area contributed by atoms with Crippen molar-refractivity contribution >= 4 is 52.4 Å². The zero-order valence-corrected chi connectivity index (χ0v) is 27.6. The third-order valence-corrected chi connectivity index (χ3v) is 8.81. The van der Waals surface area contributed by atoms with Crippen LogP contribution < -0.4 is 20.1 Å².